The third-order valence-electron chi connectivity index (χ3n) is 7.77. The van der Waals surface area contributed by atoms with Crippen molar-refractivity contribution in [3.8, 4) is 0 Å². The molecule has 1 aromatic carbocycles. The summed E-state index contributed by atoms with van der Waals surface area (Å²) in [5.74, 6) is -0.281. The van der Waals surface area contributed by atoms with Crippen LogP contribution in [0.25, 0.3) is 6.08 Å². The molecule has 7 nitrogen and oxygen atoms in total. The van der Waals surface area contributed by atoms with Gasteiger partial charge >= 0.3 is 6.09 Å². The molecule has 0 aromatic heterocycles. The van der Waals surface area contributed by atoms with Crippen LogP contribution in [0.4, 0.5) is 4.79 Å². The molecule has 2 fully saturated rings. The van der Waals surface area contributed by atoms with Crippen LogP contribution in [0.15, 0.2) is 30.8 Å². The molecule has 1 aromatic rings. The Morgan fingerprint density at radius 2 is 1.84 bits per heavy atom. The van der Waals surface area contributed by atoms with E-state index in [-0.39, 0.29) is 35.7 Å². The Bertz CT molecular complexity index is 995. The molecule has 3 amide bonds. The zero-order chi connectivity index (χ0) is 28.0. The van der Waals surface area contributed by atoms with E-state index in [1.807, 2.05) is 38.1 Å². The number of hydrogen-bond acceptors (Lipinski definition) is 4. The second-order valence-electron chi connectivity index (χ2n) is 12.2. The standard InChI is InChI=1S/C31H47N3O4/c1-8-20(3)26(33-30(37)38-31(5,6)7)29(36)34(25-18-21(25)4)27(23-15-13-14-22(9-2)19-23)28(35)32-24-16-11-10-12-17-24/h9,13-15,19-21,24-27H,2,8,10-12,16-18H2,1,3-7H3,(H,32,35)(H,33,37). The average molecular weight is 526 g/mol. The van der Waals surface area contributed by atoms with E-state index in [9.17, 15) is 14.4 Å². The van der Waals surface area contributed by atoms with Crippen molar-refractivity contribution in [2.75, 3.05) is 0 Å². The summed E-state index contributed by atoms with van der Waals surface area (Å²) in [6.07, 6.45) is 7.91. The third kappa shape index (κ3) is 7.84. The molecule has 2 aliphatic carbocycles. The number of hydrogen-bond donors (Lipinski definition) is 2. The lowest BCUT2D eigenvalue weighted by Gasteiger charge is -2.37. The van der Waals surface area contributed by atoms with Crippen molar-refractivity contribution in [3.63, 3.8) is 0 Å². The Labute approximate surface area is 228 Å². The highest BCUT2D eigenvalue weighted by Gasteiger charge is 2.49. The van der Waals surface area contributed by atoms with Crippen LogP contribution in [-0.4, -0.2) is 46.5 Å². The quantitative estimate of drug-likeness (QED) is 0.392. The first kappa shape index (κ1) is 29.7. The van der Waals surface area contributed by atoms with Crippen molar-refractivity contribution >= 4 is 24.0 Å². The van der Waals surface area contributed by atoms with Gasteiger partial charge in [-0.25, -0.2) is 4.79 Å². The van der Waals surface area contributed by atoms with Crippen molar-refractivity contribution in [1.29, 1.82) is 0 Å². The van der Waals surface area contributed by atoms with Gasteiger partial charge in [0.05, 0.1) is 0 Å². The minimum absolute atomic E-state index is 0.0796. The van der Waals surface area contributed by atoms with Crippen LogP contribution in [0, 0.1) is 11.8 Å². The molecule has 0 saturated heterocycles. The zero-order valence-electron chi connectivity index (χ0n) is 24.1. The highest BCUT2D eigenvalue weighted by atomic mass is 16.6. The van der Waals surface area contributed by atoms with Crippen LogP contribution in [0.2, 0.25) is 0 Å². The van der Waals surface area contributed by atoms with Gasteiger partial charge in [0.1, 0.15) is 17.7 Å². The number of ether oxygens (including phenoxy) is 1. The second kappa shape index (κ2) is 12.8. The van der Waals surface area contributed by atoms with Gasteiger partial charge in [-0.15, -0.1) is 0 Å². The highest BCUT2D eigenvalue weighted by Crippen LogP contribution is 2.41. The summed E-state index contributed by atoms with van der Waals surface area (Å²) in [6, 6.07) is 6.10. The number of nitrogens with one attached hydrogen (secondary N) is 2. The molecule has 5 atom stereocenters. The van der Waals surface area contributed by atoms with Gasteiger partial charge < -0.3 is 20.3 Å². The SMILES string of the molecule is C=Cc1cccc(C(C(=O)NC2CCCCC2)N(C(=O)C(NC(=O)OC(C)(C)C)C(C)CC)C2CC2C)c1. The Hall–Kier alpha value is -2.83. The minimum Gasteiger partial charge on any atom is -0.444 e. The van der Waals surface area contributed by atoms with Gasteiger partial charge in [0.15, 0.2) is 0 Å². The maximum atomic E-state index is 14.4. The topological polar surface area (TPSA) is 87.7 Å². The van der Waals surface area contributed by atoms with Crippen molar-refractivity contribution < 1.29 is 19.1 Å². The number of carbonyl (C=O) groups excluding carboxylic acids is 3. The molecule has 2 saturated carbocycles. The Morgan fingerprint density at radius 3 is 2.39 bits per heavy atom. The van der Waals surface area contributed by atoms with Crippen molar-refractivity contribution in [2.45, 2.75) is 116 Å². The second-order valence-corrected chi connectivity index (χ2v) is 12.2. The fraction of sp³-hybridized carbons (Fsp3) is 0.645. The molecule has 0 aliphatic heterocycles. The summed E-state index contributed by atoms with van der Waals surface area (Å²) >= 11 is 0. The Balaban J connectivity index is 2.01. The Kier molecular flexibility index (Phi) is 10.0. The molecular weight excluding hydrogens is 478 g/mol. The predicted molar refractivity (Wildman–Crippen MR) is 151 cm³/mol. The van der Waals surface area contributed by atoms with Gasteiger partial charge in [-0.2, -0.15) is 0 Å². The first-order valence-corrected chi connectivity index (χ1v) is 14.3. The first-order valence-electron chi connectivity index (χ1n) is 14.3. The lowest BCUT2D eigenvalue weighted by Crippen LogP contribution is -2.56. The van der Waals surface area contributed by atoms with Crippen molar-refractivity contribution in [3.05, 3.63) is 42.0 Å². The number of rotatable bonds is 10. The van der Waals surface area contributed by atoms with Crippen LogP contribution < -0.4 is 10.6 Å². The van der Waals surface area contributed by atoms with E-state index in [4.69, 9.17) is 4.74 Å². The van der Waals surface area contributed by atoms with Crippen molar-refractivity contribution in [1.82, 2.24) is 15.5 Å². The van der Waals surface area contributed by atoms with Gasteiger partial charge in [0.2, 0.25) is 11.8 Å². The number of benzene rings is 1. The monoisotopic (exact) mass is 525 g/mol. The van der Waals surface area contributed by atoms with E-state index in [1.165, 1.54) is 6.42 Å². The molecule has 2 N–H and O–H groups in total. The molecule has 5 unspecified atom stereocenters. The summed E-state index contributed by atoms with van der Waals surface area (Å²) in [7, 11) is 0. The van der Waals surface area contributed by atoms with E-state index < -0.39 is 23.8 Å². The molecule has 0 spiro atoms. The zero-order valence-corrected chi connectivity index (χ0v) is 24.1. The minimum atomic E-state index is -0.810. The number of nitrogens with zero attached hydrogens (tertiary/aromatic N) is 1. The summed E-state index contributed by atoms with van der Waals surface area (Å²) in [5.41, 5.74) is 0.952. The molecule has 2 aliphatic rings. The van der Waals surface area contributed by atoms with Gasteiger partial charge in [-0.05, 0) is 69.1 Å². The first-order chi connectivity index (χ1) is 17.9. The summed E-state index contributed by atoms with van der Waals surface area (Å²) in [4.78, 5) is 43.0. The molecule has 0 bridgehead atoms. The molecule has 3 rings (SSSR count). The lowest BCUT2D eigenvalue weighted by atomic mass is 9.93. The van der Waals surface area contributed by atoms with E-state index in [1.54, 1.807) is 31.7 Å². The number of amides is 3. The molecular formula is C31H47N3O4. The molecule has 0 heterocycles. The summed E-state index contributed by atoms with van der Waals surface area (Å²) < 4.78 is 5.50. The van der Waals surface area contributed by atoms with E-state index in [0.717, 1.165) is 43.2 Å². The van der Waals surface area contributed by atoms with E-state index in [0.29, 0.717) is 6.42 Å². The maximum absolute atomic E-state index is 14.4. The van der Waals surface area contributed by atoms with Crippen LogP contribution >= 0.6 is 0 Å². The van der Waals surface area contributed by atoms with E-state index >= 15 is 0 Å². The largest absolute Gasteiger partial charge is 0.444 e. The van der Waals surface area contributed by atoms with E-state index in [2.05, 4.69) is 24.1 Å². The van der Waals surface area contributed by atoms with Gasteiger partial charge in [-0.1, -0.05) is 77.3 Å². The fourth-order valence-electron chi connectivity index (χ4n) is 5.27. The van der Waals surface area contributed by atoms with Crippen LogP contribution in [0.5, 0.6) is 0 Å². The number of alkyl carbamates (subject to hydrolysis) is 1. The molecule has 0 radical (unpaired) electrons. The van der Waals surface area contributed by atoms with Crippen molar-refractivity contribution in [2.24, 2.45) is 11.8 Å². The lowest BCUT2D eigenvalue weighted by molar-refractivity contribution is -0.144. The summed E-state index contributed by atoms with van der Waals surface area (Å²) in [5, 5.41) is 6.12. The molecule has 210 valence electrons. The predicted octanol–water partition coefficient (Wildman–Crippen LogP) is 6.00. The van der Waals surface area contributed by atoms with Crippen LogP contribution in [0.3, 0.4) is 0 Å². The molecule has 7 heteroatoms. The highest BCUT2D eigenvalue weighted by molar-refractivity contribution is 5.93. The number of carbonyl (C=O) groups is 3. The van der Waals surface area contributed by atoms with Crippen LogP contribution in [-0.2, 0) is 14.3 Å². The fourth-order valence-corrected chi connectivity index (χ4v) is 5.27. The van der Waals surface area contributed by atoms with Crippen LogP contribution in [0.1, 0.15) is 104 Å². The van der Waals surface area contributed by atoms with Gasteiger partial charge in [-0.3, -0.25) is 9.59 Å². The summed E-state index contributed by atoms with van der Waals surface area (Å²) in [6.45, 7) is 15.3. The van der Waals surface area contributed by atoms with Gasteiger partial charge in [0, 0.05) is 12.1 Å². The Morgan fingerprint density at radius 1 is 1.18 bits per heavy atom. The normalized spacial score (nSPS) is 21.9. The maximum Gasteiger partial charge on any atom is 0.408 e. The molecule has 38 heavy (non-hydrogen) atoms. The van der Waals surface area contributed by atoms with Gasteiger partial charge in [0.25, 0.3) is 0 Å². The smallest absolute Gasteiger partial charge is 0.408 e. The average Bonchev–Trinajstić information content (AvgIpc) is 3.59. The third-order valence-corrected chi connectivity index (χ3v) is 7.77.